The number of nitrogens with zero attached hydrogens (tertiary/aromatic N) is 1. The van der Waals surface area contributed by atoms with E-state index in [2.05, 4.69) is 0 Å². The number of rotatable bonds is 4. The molecule has 1 aliphatic heterocycles. The summed E-state index contributed by atoms with van der Waals surface area (Å²) in [4.78, 5) is 13.3. The maximum absolute atomic E-state index is 14.2. The van der Waals surface area contributed by atoms with Crippen LogP contribution in [0, 0.1) is 5.82 Å². The van der Waals surface area contributed by atoms with Crippen LogP contribution in [0.25, 0.3) is 0 Å². The first-order valence-electron chi connectivity index (χ1n) is 7.45. The van der Waals surface area contributed by atoms with E-state index in [1.165, 1.54) is 6.07 Å². The van der Waals surface area contributed by atoms with Gasteiger partial charge in [0.1, 0.15) is 12.4 Å². The molecule has 0 spiro atoms. The first kappa shape index (κ1) is 14.6. The van der Waals surface area contributed by atoms with Gasteiger partial charge >= 0.3 is 0 Å². The number of ketones is 1. The van der Waals surface area contributed by atoms with E-state index in [0.717, 1.165) is 11.3 Å². The minimum absolute atomic E-state index is 0.251. The van der Waals surface area contributed by atoms with Crippen molar-refractivity contribution in [2.45, 2.75) is 19.4 Å². The predicted octanol–water partition coefficient (Wildman–Crippen LogP) is 3.57. The second kappa shape index (κ2) is 6.60. The van der Waals surface area contributed by atoms with Crippen molar-refractivity contribution in [3.63, 3.8) is 0 Å². The van der Waals surface area contributed by atoms with Crippen LogP contribution >= 0.6 is 0 Å². The van der Waals surface area contributed by atoms with Gasteiger partial charge in [-0.05, 0) is 17.7 Å². The molecule has 0 N–H and O–H groups in total. The van der Waals surface area contributed by atoms with Gasteiger partial charge in [-0.3, -0.25) is 4.79 Å². The van der Waals surface area contributed by atoms with Crippen molar-refractivity contribution in [1.82, 2.24) is 0 Å². The fourth-order valence-corrected chi connectivity index (χ4v) is 2.55. The van der Waals surface area contributed by atoms with Gasteiger partial charge in [-0.25, -0.2) is 4.39 Å². The van der Waals surface area contributed by atoms with Gasteiger partial charge < -0.3 is 9.64 Å². The summed E-state index contributed by atoms with van der Waals surface area (Å²) in [6.45, 7) is 1.65. The fraction of sp³-hybridized carbons (Fsp3) is 0.278. The Morgan fingerprint density at radius 3 is 2.45 bits per heavy atom. The Morgan fingerprint density at radius 2 is 1.77 bits per heavy atom. The van der Waals surface area contributed by atoms with E-state index in [0.29, 0.717) is 32.5 Å². The third-order valence-corrected chi connectivity index (χ3v) is 3.84. The largest absolute Gasteiger partial charge is 0.486 e. The van der Waals surface area contributed by atoms with E-state index in [1.807, 2.05) is 41.3 Å². The molecule has 0 unspecified atom stereocenters. The standard InChI is InChI=1S/C18H18FNO2/c19-17-12-15(20-10-8-16(21)9-11-20)6-7-18(17)22-13-14-4-2-1-3-5-14/h1-7,12H,8-11,13H2. The zero-order valence-corrected chi connectivity index (χ0v) is 12.3. The fourth-order valence-electron chi connectivity index (χ4n) is 2.55. The molecule has 22 heavy (non-hydrogen) atoms. The van der Waals surface area contributed by atoms with Crippen LogP contribution in [0.1, 0.15) is 18.4 Å². The second-order valence-electron chi connectivity index (χ2n) is 5.41. The lowest BCUT2D eigenvalue weighted by molar-refractivity contribution is -0.119. The molecule has 0 bridgehead atoms. The van der Waals surface area contributed by atoms with Crippen LogP contribution in [0.4, 0.5) is 10.1 Å². The number of halogens is 1. The van der Waals surface area contributed by atoms with Crippen molar-refractivity contribution in [3.05, 3.63) is 59.9 Å². The van der Waals surface area contributed by atoms with Gasteiger partial charge in [0, 0.05) is 37.7 Å². The Kier molecular flexibility index (Phi) is 4.37. The van der Waals surface area contributed by atoms with Gasteiger partial charge in [0.05, 0.1) is 0 Å². The lowest BCUT2D eigenvalue weighted by atomic mass is 10.1. The molecule has 0 radical (unpaired) electrons. The highest BCUT2D eigenvalue weighted by Gasteiger charge is 2.17. The van der Waals surface area contributed by atoms with Gasteiger partial charge in [0.25, 0.3) is 0 Å². The number of carbonyl (C=O) groups excluding carboxylic acids is 1. The summed E-state index contributed by atoms with van der Waals surface area (Å²) in [7, 11) is 0. The van der Waals surface area contributed by atoms with Crippen LogP contribution in [0.3, 0.4) is 0 Å². The average Bonchev–Trinajstić information content (AvgIpc) is 2.55. The van der Waals surface area contributed by atoms with E-state index in [4.69, 9.17) is 4.74 Å². The highest BCUT2D eigenvalue weighted by atomic mass is 19.1. The summed E-state index contributed by atoms with van der Waals surface area (Å²) in [5, 5.41) is 0. The number of carbonyl (C=O) groups is 1. The van der Waals surface area contributed by atoms with Gasteiger partial charge in [-0.1, -0.05) is 30.3 Å². The molecule has 2 aromatic carbocycles. The van der Waals surface area contributed by atoms with Crippen molar-refractivity contribution in [1.29, 1.82) is 0 Å². The summed E-state index contributed by atoms with van der Waals surface area (Å²) in [6.07, 6.45) is 1.07. The molecule has 0 amide bonds. The lowest BCUT2D eigenvalue weighted by Crippen LogP contribution is -2.33. The summed E-state index contributed by atoms with van der Waals surface area (Å²) in [5.74, 6) is 0.158. The Morgan fingerprint density at radius 1 is 1.05 bits per heavy atom. The average molecular weight is 299 g/mol. The summed E-state index contributed by atoms with van der Waals surface area (Å²) in [6, 6.07) is 14.7. The molecule has 1 saturated heterocycles. The van der Waals surface area contributed by atoms with Crippen molar-refractivity contribution < 1.29 is 13.9 Å². The first-order valence-corrected chi connectivity index (χ1v) is 7.45. The molecule has 1 aliphatic rings. The number of ether oxygens (including phenoxy) is 1. The van der Waals surface area contributed by atoms with Gasteiger partial charge in [0.2, 0.25) is 0 Å². The van der Waals surface area contributed by atoms with Crippen LogP contribution in [0.5, 0.6) is 5.75 Å². The number of hydrogen-bond acceptors (Lipinski definition) is 3. The predicted molar refractivity (Wildman–Crippen MR) is 83.6 cm³/mol. The third-order valence-electron chi connectivity index (χ3n) is 3.84. The molecule has 1 fully saturated rings. The van der Waals surface area contributed by atoms with E-state index in [9.17, 15) is 9.18 Å². The number of Topliss-reactive ketones (excluding diaryl/α,β-unsaturated/α-hetero) is 1. The lowest BCUT2D eigenvalue weighted by Gasteiger charge is -2.28. The van der Waals surface area contributed by atoms with Gasteiger partial charge in [0.15, 0.2) is 11.6 Å². The van der Waals surface area contributed by atoms with Crippen molar-refractivity contribution in [2.75, 3.05) is 18.0 Å². The van der Waals surface area contributed by atoms with Gasteiger partial charge in [-0.15, -0.1) is 0 Å². The Bertz CT molecular complexity index is 647. The minimum atomic E-state index is -0.370. The van der Waals surface area contributed by atoms with Crippen LogP contribution in [-0.2, 0) is 11.4 Å². The molecular weight excluding hydrogens is 281 g/mol. The molecule has 0 aliphatic carbocycles. The van der Waals surface area contributed by atoms with Crippen LogP contribution in [-0.4, -0.2) is 18.9 Å². The third kappa shape index (κ3) is 3.45. The molecule has 1 heterocycles. The Balaban J connectivity index is 1.66. The maximum atomic E-state index is 14.2. The van der Waals surface area contributed by atoms with E-state index < -0.39 is 0 Å². The Labute approximate surface area is 129 Å². The van der Waals surface area contributed by atoms with Crippen LogP contribution < -0.4 is 9.64 Å². The first-order chi connectivity index (χ1) is 10.7. The Hall–Kier alpha value is -2.36. The number of anilines is 1. The topological polar surface area (TPSA) is 29.5 Å². The maximum Gasteiger partial charge on any atom is 0.167 e. The van der Waals surface area contributed by atoms with Crippen LogP contribution in [0.15, 0.2) is 48.5 Å². The zero-order chi connectivity index (χ0) is 15.4. The summed E-state index contributed by atoms with van der Waals surface area (Å²) in [5.41, 5.74) is 1.80. The monoisotopic (exact) mass is 299 g/mol. The van der Waals surface area contributed by atoms with Crippen molar-refractivity contribution in [2.24, 2.45) is 0 Å². The van der Waals surface area contributed by atoms with Crippen molar-refractivity contribution >= 4 is 11.5 Å². The van der Waals surface area contributed by atoms with Crippen LogP contribution in [0.2, 0.25) is 0 Å². The van der Waals surface area contributed by atoms with Crippen molar-refractivity contribution in [3.8, 4) is 5.75 Å². The number of hydrogen-bond donors (Lipinski definition) is 0. The number of benzene rings is 2. The van der Waals surface area contributed by atoms with E-state index in [1.54, 1.807) is 6.07 Å². The molecule has 3 nitrogen and oxygen atoms in total. The minimum Gasteiger partial charge on any atom is -0.486 e. The normalized spacial score (nSPS) is 15.0. The second-order valence-corrected chi connectivity index (χ2v) is 5.41. The molecule has 114 valence electrons. The molecule has 0 aromatic heterocycles. The molecule has 0 atom stereocenters. The quantitative estimate of drug-likeness (QED) is 0.864. The summed E-state index contributed by atoms with van der Waals surface area (Å²) < 4.78 is 19.7. The van der Waals surface area contributed by atoms with Gasteiger partial charge in [-0.2, -0.15) is 0 Å². The van der Waals surface area contributed by atoms with E-state index in [-0.39, 0.29) is 17.3 Å². The number of piperidine rings is 1. The molecule has 2 aromatic rings. The molecule has 3 rings (SSSR count). The zero-order valence-electron chi connectivity index (χ0n) is 12.3. The SMILES string of the molecule is O=C1CCN(c2ccc(OCc3ccccc3)c(F)c2)CC1. The highest BCUT2D eigenvalue weighted by Crippen LogP contribution is 2.26. The highest BCUT2D eigenvalue weighted by molar-refractivity contribution is 5.81. The smallest absolute Gasteiger partial charge is 0.167 e. The molecule has 0 saturated carbocycles. The summed E-state index contributed by atoms with van der Waals surface area (Å²) >= 11 is 0. The molecule has 4 heteroatoms. The van der Waals surface area contributed by atoms with E-state index >= 15 is 0 Å². The molecular formula is C18H18FNO2.